The molecule has 1 saturated heterocycles. The number of aliphatic carboxylic acids is 1. The van der Waals surface area contributed by atoms with E-state index >= 15 is 0 Å². The first-order valence-electron chi connectivity index (χ1n) is 5.65. The molecule has 1 aliphatic rings. The van der Waals surface area contributed by atoms with Crippen molar-refractivity contribution in [3.63, 3.8) is 0 Å². The lowest BCUT2D eigenvalue weighted by molar-refractivity contribution is -0.145. The lowest BCUT2D eigenvalue weighted by Crippen LogP contribution is -2.41. The van der Waals surface area contributed by atoms with Gasteiger partial charge in [-0.3, -0.25) is 4.79 Å². The smallest absolute Gasteiger partial charge is 0.308 e. The van der Waals surface area contributed by atoms with E-state index in [9.17, 15) is 4.79 Å². The summed E-state index contributed by atoms with van der Waals surface area (Å²) in [6.45, 7) is 13.3. The number of allylic oxidation sites excluding steroid dienone is 1. The van der Waals surface area contributed by atoms with Crippen LogP contribution >= 0.6 is 0 Å². The molecule has 0 aliphatic carbocycles. The minimum absolute atomic E-state index is 0.231. The van der Waals surface area contributed by atoms with E-state index in [-0.39, 0.29) is 11.8 Å². The number of hydrogen-bond donors (Lipinski definition) is 1. The minimum atomic E-state index is -0.682. The molecule has 3 heteroatoms. The highest BCUT2D eigenvalue weighted by Gasteiger charge is 2.30. The van der Waals surface area contributed by atoms with Crippen LogP contribution in [-0.4, -0.2) is 29.1 Å². The second kappa shape index (κ2) is 6.49. The maximum atomic E-state index is 10.9. The van der Waals surface area contributed by atoms with Gasteiger partial charge in [-0.15, -0.1) is 0 Å². The lowest BCUT2D eigenvalue weighted by Gasteiger charge is -2.36. The van der Waals surface area contributed by atoms with Crippen LogP contribution in [0.15, 0.2) is 12.3 Å². The molecule has 1 N–H and O–H groups in total. The standard InChI is InChI=1S/C10H17NO2.C2H6/c1-7(2)11-5-4-8(3)9(6-11)10(12)13;1-2/h8-9H,1,4-6H2,2-3H3,(H,12,13);1-2H3. The molecule has 0 aromatic carbocycles. The molecule has 2 atom stereocenters. The van der Waals surface area contributed by atoms with Crippen molar-refractivity contribution >= 4 is 5.97 Å². The molecule has 1 heterocycles. The Kier molecular flexibility index (Phi) is 6.06. The van der Waals surface area contributed by atoms with Crippen molar-refractivity contribution in [1.82, 2.24) is 4.90 Å². The molecule has 1 rings (SSSR count). The molecule has 0 saturated carbocycles. The zero-order valence-corrected chi connectivity index (χ0v) is 10.3. The molecule has 3 nitrogen and oxygen atoms in total. The van der Waals surface area contributed by atoms with E-state index in [0.29, 0.717) is 6.54 Å². The normalized spacial score (nSPS) is 25.2. The van der Waals surface area contributed by atoms with Crippen molar-refractivity contribution in [3.05, 3.63) is 12.3 Å². The molecule has 15 heavy (non-hydrogen) atoms. The zero-order valence-electron chi connectivity index (χ0n) is 10.3. The van der Waals surface area contributed by atoms with E-state index in [2.05, 4.69) is 11.5 Å². The van der Waals surface area contributed by atoms with Crippen molar-refractivity contribution in [2.75, 3.05) is 13.1 Å². The number of carbonyl (C=O) groups is 1. The molecule has 2 unspecified atom stereocenters. The summed E-state index contributed by atoms with van der Waals surface area (Å²) >= 11 is 0. The van der Waals surface area contributed by atoms with Crippen LogP contribution in [0.3, 0.4) is 0 Å². The second-order valence-corrected chi connectivity index (χ2v) is 3.89. The van der Waals surface area contributed by atoms with Gasteiger partial charge in [0.2, 0.25) is 0 Å². The Hall–Kier alpha value is -0.990. The van der Waals surface area contributed by atoms with Crippen molar-refractivity contribution in [1.29, 1.82) is 0 Å². The van der Waals surface area contributed by atoms with Gasteiger partial charge in [-0.05, 0) is 19.3 Å². The van der Waals surface area contributed by atoms with Gasteiger partial charge in [0.1, 0.15) is 0 Å². The van der Waals surface area contributed by atoms with Crippen LogP contribution in [0.2, 0.25) is 0 Å². The molecule has 0 bridgehead atoms. The Bertz CT molecular complexity index is 226. The fraction of sp³-hybridized carbons (Fsp3) is 0.750. The molecule has 0 amide bonds. The monoisotopic (exact) mass is 213 g/mol. The summed E-state index contributed by atoms with van der Waals surface area (Å²) in [7, 11) is 0. The van der Waals surface area contributed by atoms with E-state index < -0.39 is 5.97 Å². The number of carboxylic acid groups (broad SMARTS) is 1. The van der Waals surface area contributed by atoms with Gasteiger partial charge in [0.25, 0.3) is 0 Å². The van der Waals surface area contributed by atoms with E-state index in [1.165, 1.54) is 0 Å². The van der Waals surface area contributed by atoms with Gasteiger partial charge in [0, 0.05) is 18.8 Å². The second-order valence-electron chi connectivity index (χ2n) is 3.89. The highest BCUT2D eigenvalue weighted by atomic mass is 16.4. The summed E-state index contributed by atoms with van der Waals surface area (Å²) in [6, 6.07) is 0. The van der Waals surface area contributed by atoms with Gasteiger partial charge in [-0.2, -0.15) is 0 Å². The predicted octanol–water partition coefficient (Wildman–Crippen LogP) is 2.59. The van der Waals surface area contributed by atoms with E-state index in [1.54, 1.807) is 0 Å². The van der Waals surface area contributed by atoms with Crippen LogP contribution < -0.4 is 0 Å². The summed E-state index contributed by atoms with van der Waals surface area (Å²) in [5.74, 6) is -0.628. The minimum Gasteiger partial charge on any atom is -0.481 e. The maximum absolute atomic E-state index is 10.9. The van der Waals surface area contributed by atoms with E-state index in [4.69, 9.17) is 5.11 Å². The molecular weight excluding hydrogens is 190 g/mol. The van der Waals surface area contributed by atoms with Crippen molar-refractivity contribution in [2.24, 2.45) is 11.8 Å². The van der Waals surface area contributed by atoms with Gasteiger partial charge < -0.3 is 10.0 Å². The quantitative estimate of drug-likeness (QED) is 0.766. The summed E-state index contributed by atoms with van der Waals surface area (Å²) < 4.78 is 0. The summed E-state index contributed by atoms with van der Waals surface area (Å²) in [5, 5.41) is 8.95. The predicted molar refractivity (Wildman–Crippen MR) is 62.6 cm³/mol. The number of hydrogen-bond acceptors (Lipinski definition) is 2. The number of piperidine rings is 1. The third kappa shape index (κ3) is 3.94. The number of carboxylic acids is 1. The highest BCUT2D eigenvalue weighted by molar-refractivity contribution is 5.70. The molecule has 1 fully saturated rings. The third-order valence-electron chi connectivity index (χ3n) is 2.82. The van der Waals surface area contributed by atoms with Crippen LogP contribution in [-0.2, 0) is 4.79 Å². The summed E-state index contributed by atoms with van der Waals surface area (Å²) in [4.78, 5) is 12.9. The first-order valence-corrected chi connectivity index (χ1v) is 5.65. The third-order valence-corrected chi connectivity index (χ3v) is 2.82. The highest BCUT2D eigenvalue weighted by Crippen LogP contribution is 2.24. The SMILES string of the molecule is C=C(C)N1CCC(C)C(C(=O)O)C1.CC. The van der Waals surface area contributed by atoms with E-state index in [1.807, 2.05) is 27.7 Å². The van der Waals surface area contributed by atoms with Gasteiger partial charge >= 0.3 is 5.97 Å². The molecule has 0 radical (unpaired) electrons. The average molecular weight is 213 g/mol. The lowest BCUT2D eigenvalue weighted by atomic mass is 9.87. The van der Waals surface area contributed by atoms with Crippen molar-refractivity contribution < 1.29 is 9.90 Å². The number of likely N-dealkylation sites (tertiary alicyclic amines) is 1. The topological polar surface area (TPSA) is 40.5 Å². The van der Waals surface area contributed by atoms with E-state index in [0.717, 1.165) is 18.7 Å². The van der Waals surface area contributed by atoms with Crippen molar-refractivity contribution in [2.45, 2.75) is 34.1 Å². The van der Waals surface area contributed by atoms with Gasteiger partial charge in [0.05, 0.1) is 5.92 Å². The molecule has 0 spiro atoms. The van der Waals surface area contributed by atoms with Gasteiger partial charge in [-0.25, -0.2) is 0 Å². The molecule has 0 aromatic heterocycles. The van der Waals surface area contributed by atoms with Crippen LogP contribution in [0.1, 0.15) is 34.1 Å². The Morgan fingerprint density at radius 3 is 2.40 bits per heavy atom. The molecule has 0 aromatic rings. The number of rotatable bonds is 2. The van der Waals surface area contributed by atoms with Crippen LogP contribution in [0.25, 0.3) is 0 Å². The number of nitrogens with zero attached hydrogens (tertiary/aromatic N) is 1. The fourth-order valence-electron chi connectivity index (χ4n) is 1.74. The summed E-state index contributed by atoms with van der Waals surface area (Å²) in [6.07, 6.45) is 0.948. The Morgan fingerprint density at radius 2 is 2.00 bits per heavy atom. The molecule has 1 aliphatic heterocycles. The Balaban J connectivity index is 0.000000921. The summed E-state index contributed by atoms with van der Waals surface area (Å²) in [5.41, 5.74) is 0.971. The largest absolute Gasteiger partial charge is 0.481 e. The van der Waals surface area contributed by atoms with Crippen LogP contribution in [0.5, 0.6) is 0 Å². The Labute approximate surface area is 92.8 Å². The fourth-order valence-corrected chi connectivity index (χ4v) is 1.74. The van der Waals surface area contributed by atoms with Crippen molar-refractivity contribution in [3.8, 4) is 0 Å². The van der Waals surface area contributed by atoms with Crippen LogP contribution in [0.4, 0.5) is 0 Å². The molecular formula is C12H23NO2. The zero-order chi connectivity index (χ0) is 12.0. The first kappa shape index (κ1) is 14.0. The average Bonchev–Trinajstić information content (AvgIpc) is 2.20. The van der Waals surface area contributed by atoms with Gasteiger partial charge in [0.15, 0.2) is 0 Å². The Morgan fingerprint density at radius 1 is 1.47 bits per heavy atom. The molecule has 88 valence electrons. The van der Waals surface area contributed by atoms with Crippen LogP contribution in [0, 0.1) is 11.8 Å². The van der Waals surface area contributed by atoms with Gasteiger partial charge in [-0.1, -0.05) is 27.4 Å². The maximum Gasteiger partial charge on any atom is 0.308 e. The first-order chi connectivity index (χ1) is 7.02.